The van der Waals surface area contributed by atoms with Crippen LogP contribution in [-0.4, -0.2) is 28.2 Å². The molecule has 0 spiro atoms. The summed E-state index contributed by atoms with van der Waals surface area (Å²) >= 11 is 0. The number of aliphatic hydroxyl groups excluding tert-OH is 1. The molecule has 1 aromatic carbocycles. The van der Waals surface area contributed by atoms with E-state index in [1.54, 1.807) is 0 Å². The molecule has 4 nitrogen and oxygen atoms in total. The Hall–Kier alpha value is -1.68. The van der Waals surface area contributed by atoms with E-state index in [0.717, 1.165) is 35.5 Å². The average Bonchev–Trinajstić information content (AvgIpc) is 2.36. The van der Waals surface area contributed by atoms with Crippen LogP contribution in [0.3, 0.4) is 0 Å². The van der Waals surface area contributed by atoms with Gasteiger partial charge < -0.3 is 10.4 Å². The molecule has 0 amide bonds. The number of benzene rings is 1. The van der Waals surface area contributed by atoms with Crippen LogP contribution in [0.25, 0.3) is 11.0 Å². The van der Waals surface area contributed by atoms with Gasteiger partial charge in [0.15, 0.2) is 0 Å². The van der Waals surface area contributed by atoms with E-state index in [0.29, 0.717) is 0 Å². The van der Waals surface area contributed by atoms with Gasteiger partial charge in [0.25, 0.3) is 0 Å². The van der Waals surface area contributed by atoms with E-state index >= 15 is 0 Å². The Balaban J connectivity index is 2.18. The van der Waals surface area contributed by atoms with E-state index in [-0.39, 0.29) is 12.0 Å². The van der Waals surface area contributed by atoms with Gasteiger partial charge in [0.2, 0.25) is 0 Å². The molecule has 2 N–H and O–H groups in total. The number of aryl methyl sites for hydroxylation is 1. The minimum atomic E-state index is 0.0362. The molecule has 0 saturated heterocycles. The summed E-state index contributed by atoms with van der Waals surface area (Å²) in [6.45, 7) is 7.18. The molecule has 0 atom stereocenters. The zero-order valence-electron chi connectivity index (χ0n) is 11.8. The number of rotatable bonds is 5. The molecule has 2 rings (SSSR count). The van der Waals surface area contributed by atoms with E-state index in [4.69, 9.17) is 5.11 Å². The Bertz CT molecular complexity index is 566. The van der Waals surface area contributed by atoms with E-state index in [2.05, 4.69) is 29.1 Å². The third kappa shape index (κ3) is 3.41. The Morgan fingerprint density at radius 1 is 1.16 bits per heavy atom. The summed E-state index contributed by atoms with van der Waals surface area (Å²) in [6, 6.07) is 7.86. The van der Waals surface area contributed by atoms with Crippen molar-refractivity contribution in [2.24, 2.45) is 5.41 Å². The summed E-state index contributed by atoms with van der Waals surface area (Å²) in [7, 11) is 0. The maximum absolute atomic E-state index is 9.04. The number of fused-ring (bicyclic) bond motifs is 1. The number of nitrogens with one attached hydrogen (secondary N) is 1. The number of hydrogen-bond donors (Lipinski definition) is 2. The van der Waals surface area contributed by atoms with Crippen molar-refractivity contribution in [3.63, 3.8) is 0 Å². The number of anilines is 1. The first-order valence-electron chi connectivity index (χ1n) is 6.60. The quantitative estimate of drug-likeness (QED) is 0.867. The molecule has 0 bridgehead atoms. The third-order valence-corrected chi connectivity index (χ3v) is 3.27. The first-order chi connectivity index (χ1) is 9.02. The van der Waals surface area contributed by atoms with Crippen LogP contribution in [0, 0.1) is 12.3 Å². The fourth-order valence-electron chi connectivity index (χ4n) is 1.97. The SMILES string of the molecule is Cc1nc2ccccc2nc1NCC(C)(C)CCO. The van der Waals surface area contributed by atoms with Gasteiger partial charge in [-0.2, -0.15) is 0 Å². The summed E-state index contributed by atoms with van der Waals surface area (Å²) in [6.07, 6.45) is 0.764. The van der Waals surface area contributed by atoms with Crippen LogP contribution in [0.5, 0.6) is 0 Å². The summed E-state index contributed by atoms with van der Waals surface area (Å²) in [5, 5.41) is 12.4. The number of aromatic nitrogens is 2. The van der Waals surface area contributed by atoms with Crippen LogP contribution in [0.4, 0.5) is 5.82 Å². The molecule has 0 aliphatic heterocycles. The summed E-state index contributed by atoms with van der Waals surface area (Å²) in [4.78, 5) is 9.15. The van der Waals surface area contributed by atoms with Gasteiger partial charge in [-0.1, -0.05) is 26.0 Å². The maximum atomic E-state index is 9.04. The second-order valence-electron chi connectivity index (χ2n) is 5.64. The van der Waals surface area contributed by atoms with Crippen molar-refractivity contribution >= 4 is 16.9 Å². The lowest BCUT2D eigenvalue weighted by molar-refractivity contribution is 0.220. The van der Waals surface area contributed by atoms with E-state index in [1.165, 1.54) is 0 Å². The minimum absolute atomic E-state index is 0.0362. The fourth-order valence-corrected chi connectivity index (χ4v) is 1.97. The van der Waals surface area contributed by atoms with Crippen molar-refractivity contribution in [3.05, 3.63) is 30.0 Å². The molecule has 0 unspecified atom stereocenters. The first kappa shape index (κ1) is 13.7. The van der Waals surface area contributed by atoms with Crippen LogP contribution in [-0.2, 0) is 0 Å². The highest BCUT2D eigenvalue weighted by Gasteiger charge is 2.17. The Kier molecular flexibility index (Phi) is 4.00. The molecule has 19 heavy (non-hydrogen) atoms. The van der Waals surface area contributed by atoms with Gasteiger partial charge in [-0.05, 0) is 30.9 Å². The molecule has 1 heterocycles. The van der Waals surface area contributed by atoms with Crippen LogP contribution in [0.2, 0.25) is 0 Å². The zero-order chi connectivity index (χ0) is 13.9. The highest BCUT2D eigenvalue weighted by Crippen LogP contribution is 2.22. The second kappa shape index (κ2) is 5.53. The average molecular weight is 259 g/mol. The van der Waals surface area contributed by atoms with Crippen molar-refractivity contribution in [1.29, 1.82) is 0 Å². The van der Waals surface area contributed by atoms with Crippen LogP contribution in [0.15, 0.2) is 24.3 Å². The molecular weight excluding hydrogens is 238 g/mol. The molecule has 0 aliphatic rings. The standard InChI is InChI=1S/C15H21N3O/c1-11-14(16-10-15(2,3)8-9-19)18-13-7-5-4-6-12(13)17-11/h4-7,19H,8-10H2,1-3H3,(H,16,18). The number of aliphatic hydroxyl groups is 1. The third-order valence-electron chi connectivity index (χ3n) is 3.27. The monoisotopic (exact) mass is 259 g/mol. The summed E-state index contributed by atoms with van der Waals surface area (Å²) in [5.41, 5.74) is 2.75. The first-order valence-corrected chi connectivity index (χ1v) is 6.60. The summed E-state index contributed by atoms with van der Waals surface area (Å²) < 4.78 is 0. The normalized spacial score (nSPS) is 11.8. The molecule has 0 saturated carbocycles. The zero-order valence-corrected chi connectivity index (χ0v) is 11.8. The van der Waals surface area contributed by atoms with E-state index < -0.39 is 0 Å². The summed E-state index contributed by atoms with van der Waals surface area (Å²) in [5.74, 6) is 0.824. The molecule has 102 valence electrons. The maximum Gasteiger partial charge on any atom is 0.148 e. The van der Waals surface area contributed by atoms with Crippen LogP contribution >= 0.6 is 0 Å². The van der Waals surface area contributed by atoms with Crippen molar-refractivity contribution < 1.29 is 5.11 Å². The highest BCUT2D eigenvalue weighted by molar-refractivity contribution is 5.76. The molecule has 4 heteroatoms. The van der Waals surface area contributed by atoms with E-state index in [1.807, 2.05) is 31.2 Å². The van der Waals surface area contributed by atoms with Crippen molar-refractivity contribution in [2.45, 2.75) is 27.2 Å². The van der Waals surface area contributed by atoms with Crippen molar-refractivity contribution in [2.75, 3.05) is 18.5 Å². The molecule has 0 radical (unpaired) electrons. The molecule has 0 fully saturated rings. The van der Waals surface area contributed by atoms with Gasteiger partial charge in [-0.25, -0.2) is 9.97 Å². The number of nitrogens with zero attached hydrogens (tertiary/aromatic N) is 2. The Morgan fingerprint density at radius 3 is 2.42 bits per heavy atom. The molecule has 0 aliphatic carbocycles. The lowest BCUT2D eigenvalue weighted by Gasteiger charge is -2.24. The molecule has 1 aromatic heterocycles. The van der Waals surface area contributed by atoms with Gasteiger partial charge in [-0.15, -0.1) is 0 Å². The predicted molar refractivity (Wildman–Crippen MR) is 78.2 cm³/mol. The lowest BCUT2D eigenvalue weighted by atomic mass is 9.90. The minimum Gasteiger partial charge on any atom is -0.396 e. The van der Waals surface area contributed by atoms with Gasteiger partial charge in [0.05, 0.1) is 16.7 Å². The van der Waals surface area contributed by atoms with Gasteiger partial charge in [0, 0.05) is 13.2 Å². The lowest BCUT2D eigenvalue weighted by Crippen LogP contribution is -2.25. The van der Waals surface area contributed by atoms with Gasteiger partial charge >= 0.3 is 0 Å². The van der Waals surface area contributed by atoms with E-state index in [9.17, 15) is 0 Å². The largest absolute Gasteiger partial charge is 0.396 e. The van der Waals surface area contributed by atoms with Gasteiger partial charge in [0.1, 0.15) is 5.82 Å². The van der Waals surface area contributed by atoms with Gasteiger partial charge in [-0.3, -0.25) is 0 Å². The Morgan fingerprint density at radius 2 is 1.79 bits per heavy atom. The van der Waals surface area contributed by atoms with Crippen LogP contribution in [0.1, 0.15) is 26.0 Å². The fraction of sp³-hybridized carbons (Fsp3) is 0.467. The van der Waals surface area contributed by atoms with Crippen LogP contribution < -0.4 is 5.32 Å². The topological polar surface area (TPSA) is 58.0 Å². The highest BCUT2D eigenvalue weighted by atomic mass is 16.3. The Labute approximate surface area is 113 Å². The van der Waals surface area contributed by atoms with Crippen molar-refractivity contribution in [3.8, 4) is 0 Å². The smallest absolute Gasteiger partial charge is 0.148 e. The number of para-hydroxylation sites is 2. The number of hydrogen-bond acceptors (Lipinski definition) is 4. The second-order valence-corrected chi connectivity index (χ2v) is 5.64. The molecule has 2 aromatic rings. The van der Waals surface area contributed by atoms with Crippen molar-refractivity contribution in [1.82, 2.24) is 9.97 Å². The molecular formula is C15H21N3O. The predicted octanol–water partition coefficient (Wildman–Crippen LogP) is 2.76.